The van der Waals surface area contributed by atoms with Gasteiger partial charge in [-0.3, -0.25) is 9.89 Å². The molecule has 5 nitrogen and oxygen atoms in total. The highest BCUT2D eigenvalue weighted by Crippen LogP contribution is 2.46. The summed E-state index contributed by atoms with van der Waals surface area (Å²) in [5, 5.41) is 7.34. The van der Waals surface area contributed by atoms with Crippen LogP contribution in [0.25, 0.3) is 11.4 Å². The number of ether oxygens (including phenoxy) is 1. The number of rotatable bonds is 6. The molecule has 33 heavy (non-hydrogen) atoms. The molecule has 1 aromatic carbocycles. The van der Waals surface area contributed by atoms with Crippen molar-refractivity contribution in [2.45, 2.75) is 85.6 Å². The number of hydrogen-bond donors (Lipinski definition) is 1. The Hall–Kier alpha value is -1.69. The highest BCUT2D eigenvalue weighted by Gasteiger charge is 2.45. The monoisotopic (exact) mass is 517 g/mol. The highest BCUT2D eigenvalue weighted by molar-refractivity contribution is 9.09. The number of nitrogens with zero attached hydrogens (tertiary/aromatic N) is 2. The molecule has 0 amide bonds. The maximum Gasteiger partial charge on any atom is 0.327 e. The number of aromatic nitrogens is 3. The van der Waals surface area contributed by atoms with E-state index < -0.39 is 4.83 Å². The fraction of sp³-hybridized carbons (Fsp3) is 0.667. The Morgan fingerprint density at radius 1 is 1.24 bits per heavy atom. The third kappa shape index (κ3) is 6.26. The second-order valence-corrected chi connectivity index (χ2v) is 12.5. The first-order valence-corrected chi connectivity index (χ1v) is 13.1. The van der Waals surface area contributed by atoms with Crippen LogP contribution in [0, 0.1) is 42.9 Å². The molecule has 5 atom stereocenters. The molecule has 0 saturated heterocycles. The second kappa shape index (κ2) is 10.3. The van der Waals surface area contributed by atoms with Gasteiger partial charge in [-0.25, -0.2) is 4.98 Å². The third-order valence-corrected chi connectivity index (χ3v) is 7.75. The largest absolute Gasteiger partial charge is 0.461 e. The van der Waals surface area contributed by atoms with E-state index in [-0.39, 0.29) is 17.5 Å². The predicted molar refractivity (Wildman–Crippen MR) is 137 cm³/mol. The summed E-state index contributed by atoms with van der Waals surface area (Å²) in [5.74, 6) is 2.70. The number of hydrogen-bond acceptors (Lipinski definition) is 4. The molecule has 1 aliphatic carbocycles. The first kappa shape index (κ1) is 25.9. The number of carbonyl (C=O) groups excluding carboxylic acids is 1. The summed E-state index contributed by atoms with van der Waals surface area (Å²) in [6, 6.07) is 6.20. The van der Waals surface area contributed by atoms with Crippen LogP contribution in [0.3, 0.4) is 0 Å². The van der Waals surface area contributed by atoms with Crippen LogP contribution in [0.4, 0.5) is 0 Å². The lowest BCUT2D eigenvalue weighted by atomic mass is 9.63. The third-order valence-electron chi connectivity index (χ3n) is 6.95. The SMILES string of the molecule is Cc1ccc(C)c(-c2n[nH]c(C(Br)C(=O)OC3C(CC(C)C)CC(C)CC3C(C)(C)C)n2)c1. The van der Waals surface area contributed by atoms with Crippen molar-refractivity contribution in [1.82, 2.24) is 15.2 Å². The average molecular weight is 519 g/mol. The highest BCUT2D eigenvalue weighted by atomic mass is 79.9. The predicted octanol–water partition coefficient (Wildman–Crippen LogP) is 7.19. The van der Waals surface area contributed by atoms with E-state index in [0.717, 1.165) is 36.0 Å². The van der Waals surface area contributed by atoms with Crippen molar-refractivity contribution in [3.8, 4) is 11.4 Å². The second-order valence-electron chi connectivity index (χ2n) is 11.6. The minimum atomic E-state index is -0.677. The van der Waals surface area contributed by atoms with E-state index in [1.54, 1.807) is 0 Å². The lowest BCUT2D eigenvalue weighted by Gasteiger charge is -2.46. The molecule has 2 aromatic rings. The molecule has 1 N–H and O–H groups in total. The molecular formula is C27H40BrN3O2. The van der Waals surface area contributed by atoms with Gasteiger partial charge in [0.2, 0.25) is 0 Å². The lowest BCUT2D eigenvalue weighted by Crippen LogP contribution is -2.46. The quantitative estimate of drug-likeness (QED) is 0.325. The Balaban J connectivity index is 1.81. The van der Waals surface area contributed by atoms with Gasteiger partial charge in [-0.2, -0.15) is 5.10 Å². The van der Waals surface area contributed by atoms with Gasteiger partial charge in [0.1, 0.15) is 11.9 Å². The number of alkyl halides is 1. The molecule has 0 radical (unpaired) electrons. The van der Waals surface area contributed by atoms with Crippen LogP contribution >= 0.6 is 15.9 Å². The van der Waals surface area contributed by atoms with E-state index in [1.165, 1.54) is 0 Å². The van der Waals surface area contributed by atoms with E-state index in [1.807, 2.05) is 13.8 Å². The lowest BCUT2D eigenvalue weighted by molar-refractivity contribution is -0.163. The maximum absolute atomic E-state index is 13.3. The van der Waals surface area contributed by atoms with Gasteiger partial charge in [-0.05, 0) is 67.9 Å². The van der Waals surface area contributed by atoms with Gasteiger partial charge < -0.3 is 4.74 Å². The smallest absolute Gasteiger partial charge is 0.327 e. The normalized spacial score (nSPS) is 24.7. The van der Waals surface area contributed by atoms with Crippen molar-refractivity contribution in [2.24, 2.45) is 29.1 Å². The zero-order valence-corrected chi connectivity index (χ0v) is 23.0. The van der Waals surface area contributed by atoms with Gasteiger partial charge in [-0.1, -0.05) is 75.2 Å². The number of halogens is 1. The van der Waals surface area contributed by atoms with Crippen molar-refractivity contribution in [3.05, 3.63) is 35.2 Å². The summed E-state index contributed by atoms with van der Waals surface area (Å²) in [5.41, 5.74) is 3.28. The molecule has 1 fully saturated rings. The molecule has 5 unspecified atom stereocenters. The van der Waals surface area contributed by atoms with Crippen molar-refractivity contribution in [3.63, 3.8) is 0 Å². The number of esters is 1. The minimum Gasteiger partial charge on any atom is -0.461 e. The summed E-state index contributed by atoms with van der Waals surface area (Å²) >= 11 is 3.54. The molecule has 3 rings (SSSR count). The Labute approximate surface area is 207 Å². The number of aromatic amines is 1. The van der Waals surface area contributed by atoms with Crippen LogP contribution in [0.2, 0.25) is 0 Å². The van der Waals surface area contributed by atoms with Crippen LogP contribution in [-0.4, -0.2) is 27.3 Å². The molecule has 1 saturated carbocycles. The van der Waals surface area contributed by atoms with Gasteiger partial charge in [0, 0.05) is 11.5 Å². The Bertz CT molecular complexity index is 961. The molecule has 1 heterocycles. The fourth-order valence-electron chi connectivity index (χ4n) is 5.29. The average Bonchev–Trinajstić information content (AvgIpc) is 3.19. The van der Waals surface area contributed by atoms with Crippen molar-refractivity contribution < 1.29 is 9.53 Å². The van der Waals surface area contributed by atoms with E-state index in [4.69, 9.17) is 4.74 Å². The van der Waals surface area contributed by atoms with Crippen molar-refractivity contribution in [1.29, 1.82) is 0 Å². The first-order valence-electron chi connectivity index (χ1n) is 12.2. The summed E-state index contributed by atoms with van der Waals surface area (Å²) < 4.78 is 6.29. The number of H-pyrrole nitrogens is 1. The molecule has 1 aliphatic rings. The summed E-state index contributed by atoms with van der Waals surface area (Å²) in [6.45, 7) is 17.7. The van der Waals surface area contributed by atoms with Crippen LogP contribution in [0.15, 0.2) is 18.2 Å². The van der Waals surface area contributed by atoms with Crippen molar-refractivity contribution in [2.75, 3.05) is 0 Å². The topological polar surface area (TPSA) is 67.9 Å². The molecule has 0 aliphatic heterocycles. The molecule has 182 valence electrons. The summed E-state index contributed by atoms with van der Waals surface area (Å²) in [4.78, 5) is 17.3. The maximum atomic E-state index is 13.3. The number of benzene rings is 1. The summed E-state index contributed by atoms with van der Waals surface area (Å²) in [6.07, 6.45) is 3.18. The van der Waals surface area contributed by atoms with Gasteiger partial charge >= 0.3 is 5.97 Å². The van der Waals surface area contributed by atoms with Crippen LogP contribution in [0.1, 0.15) is 82.6 Å². The fourth-order valence-corrected chi connectivity index (χ4v) is 5.61. The first-order chi connectivity index (χ1) is 15.4. The van der Waals surface area contributed by atoms with Crippen LogP contribution in [0.5, 0.6) is 0 Å². The molecular weight excluding hydrogens is 478 g/mol. The number of aryl methyl sites for hydroxylation is 2. The molecule has 1 aromatic heterocycles. The number of carbonyl (C=O) groups is 1. The van der Waals surface area contributed by atoms with Gasteiger partial charge in [-0.15, -0.1) is 0 Å². The van der Waals surface area contributed by atoms with E-state index >= 15 is 0 Å². The Morgan fingerprint density at radius 2 is 1.94 bits per heavy atom. The van der Waals surface area contributed by atoms with Crippen LogP contribution < -0.4 is 0 Å². The Kier molecular flexibility index (Phi) is 8.08. The van der Waals surface area contributed by atoms with Crippen LogP contribution in [-0.2, 0) is 9.53 Å². The molecule has 0 spiro atoms. The number of nitrogens with one attached hydrogen (secondary N) is 1. The molecule has 0 bridgehead atoms. The van der Waals surface area contributed by atoms with Gasteiger partial charge in [0.05, 0.1) is 0 Å². The summed E-state index contributed by atoms with van der Waals surface area (Å²) in [7, 11) is 0. The van der Waals surface area contributed by atoms with E-state index in [0.29, 0.717) is 35.3 Å². The Morgan fingerprint density at radius 3 is 2.58 bits per heavy atom. The van der Waals surface area contributed by atoms with Gasteiger partial charge in [0.15, 0.2) is 10.7 Å². The van der Waals surface area contributed by atoms with E-state index in [9.17, 15) is 4.79 Å². The standard InChI is InChI=1S/C27H40BrN3O2/c1-15(2)11-19-12-17(4)14-21(27(6,7)8)23(19)33-26(32)22(28)25-29-24(30-31-25)20-13-16(3)9-10-18(20)5/h9-10,13,15,17,19,21-23H,11-12,14H2,1-8H3,(H,29,30,31). The zero-order chi connectivity index (χ0) is 24.5. The zero-order valence-electron chi connectivity index (χ0n) is 21.4. The minimum absolute atomic E-state index is 0.0682. The van der Waals surface area contributed by atoms with E-state index in [2.05, 4.69) is 90.9 Å². The molecule has 6 heteroatoms. The van der Waals surface area contributed by atoms with Gasteiger partial charge in [0.25, 0.3) is 0 Å². The van der Waals surface area contributed by atoms with Crippen molar-refractivity contribution >= 4 is 21.9 Å².